The van der Waals surface area contributed by atoms with Crippen molar-refractivity contribution >= 4 is 59.8 Å². The Balaban J connectivity index is 0.00000112. The first kappa shape index (κ1) is 13.5. The molecule has 15 heavy (non-hydrogen) atoms. The maximum absolute atomic E-state index is 3.56. The van der Waals surface area contributed by atoms with Gasteiger partial charge in [0.2, 0.25) is 6.34 Å². The highest BCUT2D eigenvalue weighted by molar-refractivity contribution is 9.11. The molecule has 2 rings (SSSR count). The third-order valence-corrected chi connectivity index (χ3v) is 3.68. The van der Waals surface area contributed by atoms with E-state index in [-0.39, 0.29) is 12.4 Å². The maximum Gasteiger partial charge on any atom is 0.237 e. The van der Waals surface area contributed by atoms with E-state index in [1.165, 1.54) is 5.69 Å². The van der Waals surface area contributed by atoms with Crippen LogP contribution < -0.4 is 17.7 Å². The topological polar surface area (TPSA) is 15.0 Å². The number of nitrogens with zero attached hydrogens (tertiary/aromatic N) is 1. The van der Waals surface area contributed by atoms with E-state index in [4.69, 9.17) is 0 Å². The predicted octanol–water partition coefficient (Wildman–Crippen LogP) is 0.254. The van der Waals surface area contributed by atoms with Crippen LogP contribution in [0.4, 0.5) is 5.69 Å². The molecule has 0 bridgehead atoms. The van der Waals surface area contributed by atoms with Gasteiger partial charge in [-0.15, -0.1) is 0 Å². The molecule has 0 fully saturated rings. The van der Waals surface area contributed by atoms with Crippen LogP contribution >= 0.6 is 47.8 Å². The Bertz CT molecular complexity index is 383. The molecule has 0 radical (unpaired) electrons. The molecule has 1 N–H and O–H groups in total. The lowest BCUT2D eigenvalue weighted by Gasteiger charge is -2.06. The highest BCUT2D eigenvalue weighted by Gasteiger charge is 2.18. The number of benzene rings is 1. The normalized spacial score (nSPS) is 14.2. The van der Waals surface area contributed by atoms with E-state index in [9.17, 15) is 0 Å². The molecule has 82 valence electrons. The molecule has 1 aliphatic rings. The predicted molar refractivity (Wildman–Crippen MR) is 68.4 cm³/mol. The largest absolute Gasteiger partial charge is 1.00 e. The summed E-state index contributed by atoms with van der Waals surface area (Å²) in [5.41, 5.74) is 1.17. The van der Waals surface area contributed by atoms with E-state index in [1.807, 2.05) is 18.5 Å². The minimum absolute atomic E-state index is 0. The van der Waals surface area contributed by atoms with Crippen LogP contribution in [0.1, 0.15) is 0 Å². The monoisotopic (exact) mass is 416 g/mol. The Morgan fingerprint density at radius 2 is 1.73 bits per heavy atom. The van der Waals surface area contributed by atoms with Crippen LogP contribution in [-0.4, -0.2) is 24.0 Å². The average molecular weight is 419 g/mol. The van der Waals surface area contributed by atoms with Gasteiger partial charge in [-0.1, -0.05) is 15.9 Å². The zero-order valence-corrected chi connectivity index (χ0v) is 13.1. The Kier molecular flexibility index (Phi) is 5.09. The summed E-state index contributed by atoms with van der Waals surface area (Å²) in [4.78, 5) is 0. The molecule has 1 aromatic carbocycles. The van der Waals surface area contributed by atoms with Gasteiger partial charge >= 0.3 is 0 Å². The van der Waals surface area contributed by atoms with Crippen LogP contribution in [-0.2, 0) is 0 Å². The molecular formula is C9H8Br3ClN2. The van der Waals surface area contributed by atoms with Crippen molar-refractivity contribution in [2.45, 2.75) is 0 Å². The maximum atomic E-state index is 3.56. The van der Waals surface area contributed by atoms with Gasteiger partial charge in [0.15, 0.2) is 5.69 Å². The smallest absolute Gasteiger partial charge is 0.237 e. The molecule has 0 spiro atoms. The molecule has 0 amide bonds. The Morgan fingerprint density at radius 1 is 1.13 bits per heavy atom. The molecule has 1 aromatic rings. The molecule has 6 heteroatoms. The first-order valence-electron chi connectivity index (χ1n) is 4.16. The van der Waals surface area contributed by atoms with Gasteiger partial charge in [0.1, 0.15) is 13.1 Å². The van der Waals surface area contributed by atoms with Gasteiger partial charge in [0, 0.05) is 4.47 Å². The summed E-state index contributed by atoms with van der Waals surface area (Å²) in [6.45, 7) is 1.99. The molecule has 1 heterocycles. The number of hydrogen-bond acceptors (Lipinski definition) is 1. The minimum Gasteiger partial charge on any atom is -1.00 e. The zero-order valence-electron chi connectivity index (χ0n) is 7.61. The van der Waals surface area contributed by atoms with Crippen molar-refractivity contribution in [1.29, 1.82) is 0 Å². The summed E-state index contributed by atoms with van der Waals surface area (Å²) in [6.07, 6.45) is 2.00. The Hall–Kier alpha value is 0.420. The van der Waals surface area contributed by atoms with E-state index in [0.29, 0.717) is 0 Å². The van der Waals surface area contributed by atoms with Crippen molar-refractivity contribution in [2.75, 3.05) is 13.1 Å². The first-order chi connectivity index (χ1) is 6.68. The number of hydrogen-bond donors (Lipinski definition) is 1. The van der Waals surface area contributed by atoms with E-state index >= 15 is 0 Å². The van der Waals surface area contributed by atoms with Gasteiger partial charge < -0.3 is 12.4 Å². The molecule has 0 unspecified atom stereocenters. The summed E-state index contributed by atoms with van der Waals surface area (Å²) in [6, 6.07) is 4.10. The lowest BCUT2D eigenvalue weighted by molar-refractivity contribution is -0.425. The third-order valence-electron chi connectivity index (χ3n) is 2.01. The number of nitrogens with one attached hydrogen (secondary N) is 1. The van der Waals surface area contributed by atoms with Crippen molar-refractivity contribution < 1.29 is 17.0 Å². The molecule has 0 aliphatic carbocycles. The summed E-state index contributed by atoms with van der Waals surface area (Å²) >= 11 is 10.6. The Morgan fingerprint density at radius 3 is 2.20 bits per heavy atom. The highest BCUT2D eigenvalue weighted by atomic mass is 79.9. The summed E-state index contributed by atoms with van der Waals surface area (Å²) in [7, 11) is 0. The molecule has 2 nitrogen and oxygen atoms in total. The lowest BCUT2D eigenvalue weighted by atomic mass is 10.3. The second-order valence-corrected chi connectivity index (χ2v) is 5.62. The summed E-state index contributed by atoms with van der Waals surface area (Å²) < 4.78 is 5.41. The Labute approximate surface area is 120 Å². The van der Waals surface area contributed by atoms with Crippen LogP contribution in [0.25, 0.3) is 0 Å². The first-order valence-corrected chi connectivity index (χ1v) is 6.54. The quantitative estimate of drug-likeness (QED) is 0.646. The van der Waals surface area contributed by atoms with E-state index in [1.54, 1.807) is 0 Å². The minimum atomic E-state index is 0. The fourth-order valence-corrected chi connectivity index (χ4v) is 4.12. The SMILES string of the molecule is Brc1cc(Br)c([N+]2=CNCC2)c(Br)c1.[Cl-]. The molecule has 0 aromatic heterocycles. The lowest BCUT2D eigenvalue weighted by Crippen LogP contribution is -3.00. The molecule has 1 aliphatic heterocycles. The zero-order chi connectivity index (χ0) is 10.1. The van der Waals surface area contributed by atoms with Crippen molar-refractivity contribution in [3.63, 3.8) is 0 Å². The van der Waals surface area contributed by atoms with Gasteiger partial charge in [-0.3, -0.25) is 5.32 Å². The van der Waals surface area contributed by atoms with Gasteiger partial charge in [-0.05, 0) is 44.0 Å². The van der Waals surface area contributed by atoms with E-state index in [0.717, 1.165) is 26.5 Å². The summed E-state index contributed by atoms with van der Waals surface area (Å²) in [5, 5.41) is 3.19. The van der Waals surface area contributed by atoms with E-state index < -0.39 is 0 Å². The fourth-order valence-electron chi connectivity index (χ4n) is 1.41. The van der Waals surface area contributed by atoms with Crippen LogP contribution in [0.3, 0.4) is 0 Å². The van der Waals surface area contributed by atoms with Crippen molar-refractivity contribution in [3.05, 3.63) is 25.6 Å². The van der Waals surface area contributed by atoms with Crippen molar-refractivity contribution in [2.24, 2.45) is 0 Å². The molecule has 0 saturated carbocycles. The third kappa shape index (κ3) is 2.96. The van der Waals surface area contributed by atoms with Crippen LogP contribution in [0.15, 0.2) is 25.6 Å². The van der Waals surface area contributed by atoms with Gasteiger partial charge in [0.25, 0.3) is 0 Å². The van der Waals surface area contributed by atoms with Gasteiger partial charge in [0.05, 0.1) is 8.95 Å². The standard InChI is InChI=1S/C9H7Br3N2.ClH/c10-6-3-7(11)9(8(12)4-6)14-2-1-13-5-14;/h3-5H,1-2H2;1H. The number of halogens is 4. The highest BCUT2D eigenvalue weighted by Crippen LogP contribution is 2.36. The van der Waals surface area contributed by atoms with Crippen LogP contribution in [0.2, 0.25) is 0 Å². The number of rotatable bonds is 1. The van der Waals surface area contributed by atoms with E-state index in [2.05, 4.69) is 57.7 Å². The molecular weight excluding hydrogens is 411 g/mol. The van der Waals surface area contributed by atoms with Gasteiger partial charge in [-0.25, -0.2) is 4.58 Å². The fraction of sp³-hybridized carbons (Fsp3) is 0.222. The van der Waals surface area contributed by atoms with Crippen LogP contribution in [0, 0.1) is 0 Å². The van der Waals surface area contributed by atoms with Crippen molar-refractivity contribution in [1.82, 2.24) is 5.32 Å². The van der Waals surface area contributed by atoms with Crippen LogP contribution in [0.5, 0.6) is 0 Å². The molecule has 0 saturated heterocycles. The second-order valence-electron chi connectivity index (χ2n) is 2.99. The molecule has 0 atom stereocenters. The van der Waals surface area contributed by atoms with Gasteiger partial charge in [-0.2, -0.15) is 0 Å². The summed E-state index contributed by atoms with van der Waals surface area (Å²) in [5.74, 6) is 0. The van der Waals surface area contributed by atoms with Crippen molar-refractivity contribution in [3.8, 4) is 0 Å². The average Bonchev–Trinajstić information content (AvgIpc) is 2.54. The second kappa shape index (κ2) is 5.66.